The molecule has 1 aromatic carbocycles. The lowest BCUT2D eigenvalue weighted by molar-refractivity contribution is -0.385. The summed E-state index contributed by atoms with van der Waals surface area (Å²) in [7, 11) is 0. The minimum Gasteiger partial charge on any atom is -0.322 e. The second kappa shape index (κ2) is 3.44. The number of H-pyrrole nitrogens is 1. The maximum absolute atomic E-state index is 11.1. The minimum atomic E-state index is -0.394. The lowest BCUT2D eigenvalue weighted by atomic mass is 10.0. The molecule has 0 aliphatic rings. The number of rotatable bonds is 1. The number of hydrogen-bond donors (Lipinski definition) is 1. The monoisotopic (exact) mass is 218 g/mol. The van der Waals surface area contributed by atoms with Gasteiger partial charge in [-0.3, -0.25) is 14.9 Å². The lowest BCUT2D eigenvalue weighted by Gasteiger charge is -2.05. The number of nitro groups is 1. The number of aromatic amines is 1. The maximum Gasteiger partial charge on any atom is 0.275 e. The van der Waals surface area contributed by atoms with E-state index < -0.39 is 4.92 Å². The first-order chi connectivity index (χ1) is 7.50. The van der Waals surface area contributed by atoms with E-state index in [0.717, 1.165) is 0 Å². The first-order valence-electron chi connectivity index (χ1n) is 4.78. The topological polar surface area (TPSA) is 76.0 Å². The Kier molecular flexibility index (Phi) is 2.23. The molecule has 0 fully saturated rings. The summed E-state index contributed by atoms with van der Waals surface area (Å²) in [6.45, 7) is 3.35. The lowest BCUT2D eigenvalue weighted by Crippen LogP contribution is -2.04. The van der Waals surface area contributed by atoms with Gasteiger partial charge in [-0.25, -0.2) is 0 Å². The molecule has 2 rings (SSSR count). The van der Waals surface area contributed by atoms with Crippen LogP contribution in [0.1, 0.15) is 11.1 Å². The third-order valence-corrected chi connectivity index (χ3v) is 2.63. The van der Waals surface area contributed by atoms with Crippen molar-refractivity contribution in [3.8, 4) is 0 Å². The van der Waals surface area contributed by atoms with Crippen molar-refractivity contribution >= 4 is 16.6 Å². The molecule has 5 nitrogen and oxygen atoms in total. The Morgan fingerprint density at radius 1 is 1.31 bits per heavy atom. The molecular weight excluding hydrogens is 208 g/mol. The van der Waals surface area contributed by atoms with Gasteiger partial charge in [0.15, 0.2) is 0 Å². The summed E-state index contributed by atoms with van der Waals surface area (Å²) < 4.78 is 0. The zero-order valence-electron chi connectivity index (χ0n) is 8.90. The molecule has 0 spiro atoms. The molecule has 0 amide bonds. The Morgan fingerprint density at radius 3 is 2.62 bits per heavy atom. The van der Waals surface area contributed by atoms with Crippen LogP contribution in [-0.2, 0) is 0 Å². The van der Waals surface area contributed by atoms with Gasteiger partial charge in [0.1, 0.15) is 0 Å². The van der Waals surface area contributed by atoms with Crippen LogP contribution in [0.5, 0.6) is 0 Å². The number of aromatic nitrogens is 1. The molecule has 82 valence electrons. The van der Waals surface area contributed by atoms with Gasteiger partial charge in [0, 0.05) is 28.1 Å². The van der Waals surface area contributed by atoms with Crippen LogP contribution in [0.4, 0.5) is 5.69 Å². The van der Waals surface area contributed by atoms with Crippen LogP contribution in [0.15, 0.2) is 23.0 Å². The van der Waals surface area contributed by atoms with Crippen molar-refractivity contribution in [2.24, 2.45) is 0 Å². The molecule has 0 saturated heterocycles. The standard InChI is InChI=1S/C11H10N2O3/c1-6-5-9-8(3-4-10(14)12-9)7(2)11(6)13(15)16/h3-5H,1-2H3,(H,12,14). The molecule has 0 aliphatic heterocycles. The molecular formula is C11H10N2O3. The summed E-state index contributed by atoms with van der Waals surface area (Å²) in [6, 6.07) is 4.60. The van der Waals surface area contributed by atoms with Gasteiger partial charge in [0.25, 0.3) is 5.69 Å². The zero-order valence-corrected chi connectivity index (χ0v) is 8.90. The van der Waals surface area contributed by atoms with Gasteiger partial charge in [-0.2, -0.15) is 0 Å². The number of hydrogen-bond acceptors (Lipinski definition) is 3. The number of benzene rings is 1. The molecule has 0 saturated carbocycles. The highest BCUT2D eigenvalue weighted by atomic mass is 16.6. The SMILES string of the molecule is Cc1cc2[nH]c(=O)ccc2c(C)c1[N+](=O)[O-]. The van der Waals surface area contributed by atoms with Gasteiger partial charge >= 0.3 is 0 Å². The normalized spacial score (nSPS) is 10.6. The molecule has 2 aromatic rings. The minimum absolute atomic E-state index is 0.111. The summed E-state index contributed by atoms with van der Waals surface area (Å²) in [5.74, 6) is 0. The largest absolute Gasteiger partial charge is 0.322 e. The van der Waals surface area contributed by atoms with Gasteiger partial charge in [-0.15, -0.1) is 0 Å². The van der Waals surface area contributed by atoms with E-state index in [4.69, 9.17) is 0 Å². The summed E-state index contributed by atoms with van der Waals surface area (Å²) in [6.07, 6.45) is 0. The third kappa shape index (κ3) is 1.46. The summed E-state index contributed by atoms with van der Waals surface area (Å²) in [5.41, 5.74) is 1.67. The van der Waals surface area contributed by atoms with Crippen LogP contribution in [0.3, 0.4) is 0 Å². The number of nitrogens with zero attached hydrogens (tertiary/aromatic N) is 1. The second-order valence-electron chi connectivity index (χ2n) is 3.71. The summed E-state index contributed by atoms with van der Waals surface area (Å²) in [5, 5.41) is 11.6. The van der Waals surface area contributed by atoms with E-state index in [1.165, 1.54) is 6.07 Å². The zero-order chi connectivity index (χ0) is 11.9. The fourth-order valence-electron chi connectivity index (χ4n) is 1.92. The van der Waals surface area contributed by atoms with E-state index in [1.807, 2.05) is 0 Å². The van der Waals surface area contributed by atoms with Crippen molar-refractivity contribution < 1.29 is 4.92 Å². The van der Waals surface area contributed by atoms with Gasteiger partial charge in [-0.05, 0) is 26.0 Å². The molecule has 16 heavy (non-hydrogen) atoms. The van der Waals surface area contributed by atoms with Gasteiger partial charge in [0.05, 0.1) is 4.92 Å². The smallest absolute Gasteiger partial charge is 0.275 e. The van der Waals surface area contributed by atoms with E-state index in [0.29, 0.717) is 22.0 Å². The molecule has 0 unspecified atom stereocenters. The highest BCUT2D eigenvalue weighted by Crippen LogP contribution is 2.28. The van der Waals surface area contributed by atoms with Crippen molar-refractivity contribution in [2.75, 3.05) is 0 Å². The van der Waals surface area contributed by atoms with E-state index in [-0.39, 0.29) is 11.2 Å². The van der Waals surface area contributed by atoms with Crippen LogP contribution < -0.4 is 5.56 Å². The molecule has 0 radical (unpaired) electrons. The van der Waals surface area contributed by atoms with Crippen LogP contribution in [0.25, 0.3) is 10.9 Å². The van der Waals surface area contributed by atoms with Crippen molar-refractivity contribution in [1.82, 2.24) is 4.98 Å². The van der Waals surface area contributed by atoms with Gasteiger partial charge in [0.2, 0.25) is 5.56 Å². The van der Waals surface area contributed by atoms with Crippen LogP contribution in [0, 0.1) is 24.0 Å². The highest BCUT2D eigenvalue weighted by molar-refractivity contribution is 5.86. The van der Waals surface area contributed by atoms with E-state index >= 15 is 0 Å². The van der Waals surface area contributed by atoms with Crippen LogP contribution in [-0.4, -0.2) is 9.91 Å². The van der Waals surface area contributed by atoms with Crippen molar-refractivity contribution in [3.05, 3.63) is 49.8 Å². The highest BCUT2D eigenvalue weighted by Gasteiger charge is 2.17. The molecule has 1 aromatic heterocycles. The Balaban J connectivity index is 2.94. The predicted octanol–water partition coefficient (Wildman–Crippen LogP) is 2.05. The fraction of sp³-hybridized carbons (Fsp3) is 0.182. The Hall–Kier alpha value is -2.17. The molecule has 0 atom stereocenters. The van der Waals surface area contributed by atoms with Crippen LogP contribution in [0.2, 0.25) is 0 Å². The number of nitrogens with one attached hydrogen (secondary N) is 1. The van der Waals surface area contributed by atoms with Crippen molar-refractivity contribution in [1.29, 1.82) is 0 Å². The van der Waals surface area contributed by atoms with Crippen LogP contribution >= 0.6 is 0 Å². The van der Waals surface area contributed by atoms with Gasteiger partial charge < -0.3 is 4.98 Å². The second-order valence-corrected chi connectivity index (χ2v) is 3.71. The first-order valence-corrected chi connectivity index (χ1v) is 4.78. The summed E-state index contributed by atoms with van der Waals surface area (Å²) in [4.78, 5) is 24.3. The molecule has 0 aliphatic carbocycles. The number of nitro benzene ring substituents is 1. The fourth-order valence-corrected chi connectivity index (χ4v) is 1.92. The average Bonchev–Trinajstić information content (AvgIpc) is 2.15. The van der Waals surface area contributed by atoms with E-state index in [2.05, 4.69) is 4.98 Å². The Bertz CT molecular complexity index is 643. The van der Waals surface area contributed by atoms with Crippen molar-refractivity contribution in [2.45, 2.75) is 13.8 Å². The predicted molar refractivity (Wildman–Crippen MR) is 60.7 cm³/mol. The molecule has 1 heterocycles. The van der Waals surface area contributed by atoms with Gasteiger partial charge in [-0.1, -0.05) is 0 Å². The summed E-state index contributed by atoms with van der Waals surface area (Å²) >= 11 is 0. The van der Waals surface area contributed by atoms with Crippen molar-refractivity contribution in [3.63, 3.8) is 0 Å². The average molecular weight is 218 g/mol. The Labute approximate surface area is 90.9 Å². The van der Waals surface area contributed by atoms with E-state index in [1.54, 1.807) is 26.0 Å². The number of aryl methyl sites for hydroxylation is 2. The van der Waals surface area contributed by atoms with E-state index in [9.17, 15) is 14.9 Å². The number of fused-ring (bicyclic) bond motifs is 1. The molecule has 0 bridgehead atoms. The first kappa shape index (κ1) is 10.4. The number of pyridine rings is 1. The molecule has 5 heteroatoms. The maximum atomic E-state index is 11.1. The quantitative estimate of drug-likeness (QED) is 0.587. The third-order valence-electron chi connectivity index (χ3n) is 2.63. The Morgan fingerprint density at radius 2 is 2.00 bits per heavy atom. The molecule has 1 N–H and O–H groups in total.